The van der Waals surface area contributed by atoms with Gasteiger partial charge in [-0.2, -0.15) is 0 Å². The molecule has 0 saturated carbocycles. The molecule has 2 heteroatoms. The molecule has 62 heavy (non-hydrogen) atoms. The van der Waals surface area contributed by atoms with Crippen molar-refractivity contribution in [1.29, 1.82) is 0 Å². The molecule has 0 N–H and O–H groups in total. The average molecular weight is 789 g/mol. The maximum atomic E-state index is 2.42. The Morgan fingerprint density at radius 1 is 0.177 bits per heavy atom. The van der Waals surface area contributed by atoms with Crippen molar-refractivity contribution in [3.8, 4) is 67.0 Å². The number of aromatic nitrogens is 2. The van der Waals surface area contributed by atoms with Crippen LogP contribution in [0.15, 0.2) is 243 Å². The monoisotopic (exact) mass is 788 g/mol. The topological polar surface area (TPSA) is 9.86 Å². The van der Waals surface area contributed by atoms with Crippen LogP contribution in [0.4, 0.5) is 0 Å². The predicted molar refractivity (Wildman–Crippen MR) is 262 cm³/mol. The molecule has 0 amide bonds. The van der Waals surface area contributed by atoms with E-state index in [-0.39, 0.29) is 0 Å². The van der Waals surface area contributed by atoms with E-state index in [1.165, 1.54) is 105 Å². The summed E-state index contributed by atoms with van der Waals surface area (Å²) in [6, 6.07) is 88.4. The Morgan fingerprint density at radius 3 is 1.03 bits per heavy atom. The minimum absolute atomic E-state index is 1.14. The Hall–Kier alpha value is -8.20. The molecule has 12 rings (SSSR count). The summed E-state index contributed by atoms with van der Waals surface area (Å²) in [4.78, 5) is 0. The summed E-state index contributed by atoms with van der Waals surface area (Å²) in [5.74, 6) is 0. The molecular weight excluding hydrogens is 749 g/mol. The van der Waals surface area contributed by atoms with Crippen LogP contribution in [0, 0.1) is 0 Å². The number of fused-ring (bicyclic) bond motifs is 6. The third-order valence-electron chi connectivity index (χ3n) is 12.5. The third-order valence-corrected chi connectivity index (χ3v) is 12.5. The highest BCUT2D eigenvalue weighted by molar-refractivity contribution is 6.12. The zero-order valence-corrected chi connectivity index (χ0v) is 34.0. The van der Waals surface area contributed by atoms with Crippen molar-refractivity contribution in [3.05, 3.63) is 243 Å². The molecule has 0 aliphatic rings. The lowest BCUT2D eigenvalue weighted by atomic mass is 9.96. The van der Waals surface area contributed by atoms with Gasteiger partial charge in [-0.3, -0.25) is 0 Å². The number of nitrogens with zero attached hydrogens (tertiary/aromatic N) is 2. The fraction of sp³-hybridized carbons (Fsp3) is 0. The molecule has 0 spiro atoms. The summed E-state index contributed by atoms with van der Waals surface area (Å²) >= 11 is 0. The van der Waals surface area contributed by atoms with E-state index < -0.39 is 0 Å². The van der Waals surface area contributed by atoms with Gasteiger partial charge in [0.05, 0.1) is 22.1 Å². The van der Waals surface area contributed by atoms with Gasteiger partial charge < -0.3 is 9.13 Å². The molecule has 0 unspecified atom stereocenters. The van der Waals surface area contributed by atoms with E-state index in [4.69, 9.17) is 0 Å². The minimum atomic E-state index is 1.14. The molecule has 12 aromatic rings. The van der Waals surface area contributed by atoms with E-state index >= 15 is 0 Å². The first-order valence-corrected chi connectivity index (χ1v) is 21.3. The summed E-state index contributed by atoms with van der Waals surface area (Å²) < 4.78 is 4.80. The van der Waals surface area contributed by atoms with Gasteiger partial charge in [-0.25, -0.2) is 0 Å². The standard InChI is InChI=1S/C60H40N2/c1-4-13-41(14-5-1)43-23-25-44(26-24-43)46-17-12-18-47(37-46)50-31-36-60-56(40-50)55-39-48(42-15-6-2-7-16-42)29-35-59(55)62(60)52-32-27-45(28-33-52)49-30-34-58-54(38-49)53-21-10-11-22-57(53)61(58)51-19-8-3-9-20-51/h1-40H. The first-order valence-electron chi connectivity index (χ1n) is 21.3. The molecule has 0 fully saturated rings. The van der Waals surface area contributed by atoms with Crippen molar-refractivity contribution >= 4 is 43.6 Å². The van der Waals surface area contributed by atoms with Gasteiger partial charge in [0, 0.05) is 32.9 Å². The minimum Gasteiger partial charge on any atom is -0.309 e. The smallest absolute Gasteiger partial charge is 0.0541 e. The van der Waals surface area contributed by atoms with Crippen molar-refractivity contribution in [2.75, 3.05) is 0 Å². The second-order valence-electron chi connectivity index (χ2n) is 16.2. The van der Waals surface area contributed by atoms with Gasteiger partial charge in [-0.1, -0.05) is 170 Å². The molecule has 0 atom stereocenters. The molecule has 290 valence electrons. The van der Waals surface area contributed by atoms with Gasteiger partial charge in [-0.05, 0) is 128 Å². The molecular formula is C60H40N2. The Bertz CT molecular complexity index is 3580. The summed E-state index contributed by atoms with van der Waals surface area (Å²) in [5, 5.41) is 4.98. The highest BCUT2D eigenvalue weighted by atomic mass is 15.0. The van der Waals surface area contributed by atoms with E-state index in [0.717, 1.165) is 5.69 Å². The van der Waals surface area contributed by atoms with Crippen LogP contribution in [0.5, 0.6) is 0 Å². The van der Waals surface area contributed by atoms with E-state index in [9.17, 15) is 0 Å². The molecule has 2 heterocycles. The predicted octanol–water partition coefficient (Wildman–Crippen LogP) is 16.2. The number of rotatable bonds is 7. The fourth-order valence-electron chi connectivity index (χ4n) is 9.47. The molecule has 0 aliphatic heterocycles. The summed E-state index contributed by atoms with van der Waals surface area (Å²) in [5.41, 5.74) is 19.2. The molecule has 0 radical (unpaired) electrons. The van der Waals surface area contributed by atoms with Crippen LogP contribution < -0.4 is 0 Å². The van der Waals surface area contributed by atoms with Crippen molar-refractivity contribution in [2.45, 2.75) is 0 Å². The molecule has 2 nitrogen and oxygen atoms in total. The Kier molecular flexibility index (Phi) is 8.53. The lowest BCUT2D eigenvalue weighted by Gasteiger charge is -2.11. The van der Waals surface area contributed by atoms with Crippen LogP contribution in [0.1, 0.15) is 0 Å². The maximum Gasteiger partial charge on any atom is 0.0541 e. The van der Waals surface area contributed by atoms with Crippen LogP contribution >= 0.6 is 0 Å². The Labute approximate surface area is 360 Å². The van der Waals surface area contributed by atoms with Crippen molar-refractivity contribution < 1.29 is 0 Å². The molecule has 0 aliphatic carbocycles. The highest BCUT2D eigenvalue weighted by Crippen LogP contribution is 2.39. The fourth-order valence-corrected chi connectivity index (χ4v) is 9.47. The summed E-state index contributed by atoms with van der Waals surface area (Å²) in [6.07, 6.45) is 0. The zero-order chi connectivity index (χ0) is 41.0. The van der Waals surface area contributed by atoms with Crippen LogP contribution in [0.3, 0.4) is 0 Å². The number of benzene rings is 10. The van der Waals surface area contributed by atoms with Crippen LogP contribution in [-0.2, 0) is 0 Å². The molecule has 0 saturated heterocycles. The quantitative estimate of drug-likeness (QED) is 0.152. The number of hydrogen-bond acceptors (Lipinski definition) is 0. The number of para-hydroxylation sites is 2. The van der Waals surface area contributed by atoms with Crippen molar-refractivity contribution in [1.82, 2.24) is 9.13 Å². The number of hydrogen-bond donors (Lipinski definition) is 0. The van der Waals surface area contributed by atoms with Gasteiger partial charge in [0.2, 0.25) is 0 Å². The van der Waals surface area contributed by atoms with Gasteiger partial charge in [0.25, 0.3) is 0 Å². The van der Waals surface area contributed by atoms with Crippen LogP contribution in [0.25, 0.3) is 111 Å². The normalized spacial score (nSPS) is 11.5. The highest BCUT2D eigenvalue weighted by Gasteiger charge is 2.17. The van der Waals surface area contributed by atoms with Gasteiger partial charge in [0.1, 0.15) is 0 Å². The van der Waals surface area contributed by atoms with Crippen molar-refractivity contribution in [3.63, 3.8) is 0 Å². The second kappa shape index (κ2) is 14.8. The summed E-state index contributed by atoms with van der Waals surface area (Å²) in [7, 11) is 0. The maximum absolute atomic E-state index is 2.42. The lowest BCUT2D eigenvalue weighted by molar-refractivity contribution is 1.18. The molecule has 2 aromatic heterocycles. The van der Waals surface area contributed by atoms with Gasteiger partial charge in [0.15, 0.2) is 0 Å². The van der Waals surface area contributed by atoms with Gasteiger partial charge in [-0.15, -0.1) is 0 Å². The van der Waals surface area contributed by atoms with Crippen LogP contribution in [-0.4, -0.2) is 9.13 Å². The average Bonchev–Trinajstić information content (AvgIpc) is 3.87. The molecule has 0 bridgehead atoms. The molecule has 10 aromatic carbocycles. The lowest BCUT2D eigenvalue weighted by Crippen LogP contribution is -1.94. The third kappa shape index (κ3) is 6.12. The van der Waals surface area contributed by atoms with Gasteiger partial charge >= 0.3 is 0 Å². The summed E-state index contributed by atoms with van der Waals surface area (Å²) in [6.45, 7) is 0. The zero-order valence-electron chi connectivity index (χ0n) is 34.0. The Balaban J connectivity index is 0.944. The largest absolute Gasteiger partial charge is 0.309 e. The second-order valence-corrected chi connectivity index (χ2v) is 16.2. The van der Waals surface area contributed by atoms with E-state index in [2.05, 4.69) is 252 Å². The first-order chi connectivity index (χ1) is 30.7. The Morgan fingerprint density at radius 2 is 0.484 bits per heavy atom. The van der Waals surface area contributed by atoms with Crippen LogP contribution in [0.2, 0.25) is 0 Å². The van der Waals surface area contributed by atoms with E-state index in [0.29, 0.717) is 0 Å². The first kappa shape index (κ1) is 35.7. The van der Waals surface area contributed by atoms with E-state index in [1.54, 1.807) is 0 Å². The SMILES string of the molecule is c1ccc(-c2ccc(-c3cccc(-c4ccc5c(c4)c4cc(-c6ccccc6)ccc4n5-c4ccc(-c5ccc6c(c5)c5ccccc5n6-c5ccccc5)cc4)c3)cc2)cc1. The van der Waals surface area contributed by atoms with Crippen molar-refractivity contribution in [2.24, 2.45) is 0 Å². The van der Waals surface area contributed by atoms with E-state index in [1.807, 2.05) is 0 Å².